The third-order valence-electron chi connectivity index (χ3n) is 1.59. The summed E-state index contributed by atoms with van der Waals surface area (Å²) in [6, 6.07) is 0.117. The van der Waals surface area contributed by atoms with Gasteiger partial charge >= 0.3 is 0 Å². The van der Waals surface area contributed by atoms with E-state index in [0.717, 1.165) is 17.1 Å². The second-order valence-corrected chi connectivity index (χ2v) is 3.63. The third kappa shape index (κ3) is 2.41. The quantitative estimate of drug-likeness (QED) is 0.416. The lowest BCUT2D eigenvalue weighted by atomic mass is 10.2. The summed E-state index contributed by atoms with van der Waals surface area (Å²) in [6.45, 7) is 5.66. The summed E-state index contributed by atoms with van der Waals surface area (Å²) in [6.07, 6.45) is 2.60. The van der Waals surface area contributed by atoms with Crippen LogP contribution in [-0.4, -0.2) is 11.0 Å². The number of aryl methyl sites for hydroxylation is 1. The van der Waals surface area contributed by atoms with Crippen molar-refractivity contribution in [2.45, 2.75) is 19.4 Å². The first-order valence-corrected chi connectivity index (χ1v) is 4.64. The highest BCUT2D eigenvalue weighted by Gasteiger charge is 2.04. The number of aromatic nitrogens is 1. The van der Waals surface area contributed by atoms with Gasteiger partial charge in [-0.15, -0.1) is 17.9 Å². The van der Waals surface area contributed by atoms with Crippen molar-refractivity contribution < 1.29 is 0 Å². The number of hydrogen-bond donors (Lipinski definition) is 2. The van der Waals surface area contributed by atoms with Crippen molar-refractivity contribution in [2.24, 2.45) is 5.84 Å². The first kappa shape index (κ1) is 9.38. The second-order valence-electron chi connectivity index (χ2n) is 2.57. The van der Waals surface area contributed by atoms with E-state index >= 15 is 0 Å². The van der Waals surface area contributed by atoms with E-state index in [9.17, 15) is 0 Å². The van der Waals surface area contributed by atoms with Crippen LogP contribution in [0.5, 0.6) is 0 Å². The smallest absolute Gasteiger partial charge is 0.0897 e. The van der Waals surface area contributed by atoms with Gasteiger partial charge < -0.3 is 0 Å². The topological polar surface area (TPSA) is 50.9 Å². The average molecular weight is 183 g/mol. The van der Waals surface area contributed by atoms with Crippen molar-refractivity contribution in [3.05, 3.63) is 28.7 Å². The van der Waals surface area contributed by atoms with Crippen LogP contribution in [0.25, 0.3) is 0 Å². The third-order valence-corrected chi connectivity index (χ3v) is 2.42. The Labute approximate surface area is 76.3 Å². The van der Waals surface area contributed by atoms with E-state index < -0.39 is 0 Å². The van der Waals surface area contributed by atoms with Gasteiger partial charge in [-0.05, 0) is 6.92 Å². The van der Waals surface area contributed by atoms with E-state index in [4.69, 9.17) is 5.84 Å². The molecule has 1 heterocycles. The zero-order valence-corrected chi connectivity index (χ0v) is 7.90. The first-order valence-electron chi connectivity index (χ1n) is 3.76. The molecular weight excluding hydrogens is 170 g/mol. The van der Waals surface area contributed by atoms with Crippen molar-refractivity contribution >= 4 is 11.3 Å². The lowest BCUT2D eigenvalue weighted by Gasteiger charge is -2.07. The number of hydrazine groups is 1. The number of rotatable bonds is 4. The normalized spacial score (nSPS) is 12.8. The zero-order chi connectivity index (χ0) is 8.97. The number of nitrogens with one attached hydrogen (secondary N) is 1. The summed E-state index contributed by atoms with van der Waals surface area (Å²) in [7, 11) is 0. The molecule has 0 saturated heterocycles. The van der Waals surface area contributed by atoms with Crippen LogP contribution in [0.4, 0.5) is 0 Å². The summed E-state index contributed by atoms with van der Waals surface area (Å²) in [4.78, 5) is 4.32. The van der Waals surface area contributed by atoms with Crippen LogP contribution in [0, 0.1) is 6.92 Å². The monoisotopic (exact) mass is 183 g/mol. The SMILES string of the molecule is C=CC(Cc1csc(C)n1)NN. The van der Waals surface area contributed by atoms with Crippen LogP contribution in [0.2, 0.25) is 0 Å². The molecule has 0 aliphatic heterocycles. The molecule has 0 aliphatic rings. The van der Waals surface area contributed by atoms with Crippen LogP contribution < -0.4 is 11.3 Å². The Morgan fingerprint density at radius 2 is 2.67 bits per heavy atom. The maximum atomic E-state index is 5.29. The Morgan fingerprint density at radius 1 is 1.92 bits per heavy atom. The number of thiazole rings is 1. The summed E-state index contributed by atoms with van der Waals surface area (Å²) in [5.74, 6) is 5.29. The predicted octanol–water partition coefficient (Wildman–Crippen LogP) is 1.01. The molecule has 1 aromatic heterocycles. The van der Waals surface area contributed by atoms with Crippen molar-refractivity contribution in [1.82, 2.24) is 10.4 Å². The van der Waals surface area contributed by atoms with Crippen LogP contribution in [0.3, 0.4) is 0 Å². The van der Waals surface area contributed by atoms with E-state index in [1.165, 1.54) is 0 Å². The van der Waals surface area contributed by atoms with Crippen molar-refractivity contribution in [1.29, 1.82) is 0 Å². The molecule has 1 rings (SSSR count). The van der Waals surface area contributed by atoms with Gasteiger partial charge in [0.2, 0.25) is 0 Å². The molecule has 66 valence electrons. The minimum absolute atomic E-state index is 0.117. The minimum atomic E-state index is 0.117. The van der Waals surface area contributed by atoms with E-state index in [1.807, 2.05) is 12.3 Å². The summed E-state index contributed by atoms with van der Waals surface area (Å²) < 4.78 is 0. The maximum Gasteiger partial charge on any atom is 0.0897 e. The van der Waals surface area contributed by atoms with Crippen molar-refractivity contribution in [3.8, 4) is 0 Å². The average Bonchev–Trinajstić information content (AvgIpc) is 2.47. The predicted molar refractivity (Wildman–Crippen MR) is 51.9 cm³/mol. The van der Waals surface area contributed by atoms with Gasteiger partial charge in [0, 0.05) is 17.8 Å². The van der Waals surface area contributed by atoms with Crippen LogP contribution in [0.15, 0.2) is 18.0 Å². The van der Waals surface area contributed by atoms with Gasteiger partial charge in [-0.1, -0.05) is 6.08 Å². The van der Waals surface area contributed by atoms with Gasteiger partial charge in [0.05, 0.1) is 10.7 Å². The molecular formula is C8H13N3S. The van der Waals surface area contributed by atoms with Gasteiger partial charge in [0.15, 0.2) is 0 Å². The van der Waals surface area contributed by atoms with Crippen LogP contribution >= 0.6 is 11.3 Å². The lowest BCUT2D eigenvalue weighted by molar-refractivity contribution is 0.612. The van der Waals surface area contributed by atoms with E-state index in [2.05, 4.69) is 17.0 Å². The van der Waals surface area contributed by atoms with Crippen molar-refractivity contribution in [3.63, 3.8) is 0 Å². The highest BCUT2D eigenvalue weighted by Crippen LogP contribution is 2.09. The maximum absolute atomic E-state index is 5.29. The Bertz CT molecular complexity index is 257. The van der Waals surface area contributed by atoms with E-state index in [1.54, 1.807) is 17.4 Å². The van der Waals surface area contributed by atoms with Gasteiger partial charge in [0.25, 0.3) is 0 Å². The molecule has 1 atom stereocenters. The Balaban J connectivity index is 2.56. The van der Waals surface area contributed by atoms with Gasteiger partial charge in [-0.3, -0.25) is 11.3 Å². The molecule has 3 N–H and O–H groups in total. The molecule has 1 aromatic rings. The van der Waals surface area contributed by atoms with Crippen LogP contribution in [-0.2, 0) is 6.42 Å². The molecule has 0 fully saturated rings. The summed E-state index contributed by atoms with van der Waals surface area (Å²) in [5, 5.41) is 3.13. The number of hydrogen-bond acceptors (Lipinski definition) is 4. The van der Waals surface area contributed by atoms with Gasteiger partial charge in [0.1, 0.15) is 0 Å². The Kier molecular flexibility index (Phi) is 3.40. The molecule has 0 bridgehead atoms. The fourth-order valence-electron chi connectivity index (χ4n) is 0.938. The largest absolute Gasteiger partial charge is 0.271 e. The highest BCUT2D eigenvalue weighted by molar-refractivity contribution is 7.09. The molecule has 0 radical (unpaired) electrons. The minimum Gasteiger partial charge on any atom is -0.271 e. The van der Waals surface area contributed by atoms with E-state index in [-0.39, 0.29) is 6.04 Å². The highest BCUT2D eigenvalue weighted by atomic mass is 32.1. The fourth-order valence-corrected chi connectivity index (χ4v) is 1.56. The zero-order valence-electron chi connectivity index (χ0n) is 7.08. The summed E-state index contributed by atoms with van der Waals surface area (Å²) in [5.41, 5.74) is 3.73. The molecule has 12 heavy (non-hydrogen) atoms. The Morgan fingerprint density at radius 3 is 3.08 bits per heavy atom. The van der Waals surface area contributed by atoms with Gasteiger partial charge in [-0.2, -0.15) is 0 Å². The Hall–Kier alpha value is -0.710. The number of nitrogens with zero attached hydrogens (tertiary/aromatic N) is 1. The van der Waals surface area contributed by atoms with Crippen LogP contribution in [0.1, 0.15) is 10.7 Å². The first-order chi connectivity index (χ1) is 5.76. The fraction of sp³-hybridized carbons (Fsp3) is 0.375. The molecule has 1 unspecified atom stereocenters. The molecule has 0 aromatic carbocycles. The molecule has 0 spiro atoms. The molecule has 0 amide bonds. The number of nitrogens with two attached hydrogens (primary N) is 1. The molecule has 0 aliphatic carbocycles. The van der Waals surface area contributed by atoms with E-state index in [0.29, 0.717) is 0 Å². The molecule has 0 saturated carbocycles. The second kappa shape index (κ2) is 4.35. The summed E-state index contributed by atoms with van der Waals surface area (Å²) >= 11 is 1.65. The molecule has 4 heteroatoms. The van der Waals surface area contributed by atoms with Crippen molar-refractivity contribution in [2.75, 3.05) is 0 Å². The molecule has 3 nitrogen and oxygen atoms in total. The van der Waals surface area contributed by atoms with Gasteiger partial charge in [-0.25, -0.2) is 4.98 Å². The lowest BCUT2D eigenvalue weighted by Crippen LogP contribution is -2.35. The standard InChI is InChI=1S/C8H13N3S/c1-3-7(11-9)4-8-5-12-6(2)10-8/h3,5,7,11H,1,4,9H2,2H3.